The van der Waals surface area contributed by atoms with Gasteiger partial charge in [-0.3, -0.25) is 0 Å². The highest BCUT2D eigenvalue weighted by atomic mass is 35.5. The van der Waals surface area contributed by atoms with E-state index in [0.29, 0.717) is 18.5 Å². The third-order valence-corrected chi connectivity index (χ3v) is 1.64. The molecule has 15 heavy (non-hydrogen) atoms. The van der Waals surface area contributed by atoms with Crippen LogP contribution in [0.5, 0.6) is 6.01 Å². The number of hydrogen-bond donors (Lipinski definition) is 1. The highest BCUT2D eigenvalue weighted by molar-refractivity contribution is 6.28. The Labute approximate surface area is 94.2 Å². The first-order chi connectivity index (χ1) is 7.11. The van der Waals surface area contributed by atoms with Gasteiger partial charge >= 0.3 is 6.01 Å². The van der Waals surface area contributed by atoms with E-state index in [1.54, 1.807) is 0 Å². The van der Waals surface area contributed by atoms with Crippen LogP contribution in [0.1, 0.15) is 20.8 Å². The summed E-state index contributed by atoms with van der Waals surface area (Å²) in [5.41, 5.74) is 0. The maximum absolute atomic E-state index is 5.72. The van der Waals surface area contributed by atoms with Gasteiger partial charge in [-0.25, -0.2) is 0 Å². The first-order valence-corrected chi connectivity index (χ1v) is 5.27. The van der Waals surface area contributed by atoms with Crippen molar-refractivity contribution in [2.24, 2.45) is 5.92 Å². The Kier molecular flexibility index (Phi) is 4.55. The van der Waals surface area contributed by atoms with Crippen LogP contribution >= 0.6 is 11.6 Å². The second kappa shape index (κ2) is 5.70. The standard InChI is InChI=1S/C9H15ClN4O/c1-4-11-8-12-7(10)13-9(14-8)15-5-6(2)3/h6H,4-5H2,1-3H3,(H,11,12,13,14). The molecule has 0 aliphatic rings. The van der Waals surface area contributed by atoms with Crippen molar-refractivity contribution in [2.45, 2.75) is 20.8 Å². The molecule has 0 saturated carbocycles. The van der Waals surface area contributed by atoms with Crippen molar-refractivity contribution in [2.75, 3.05) is 18.5 Å². The Morgan fingerprint density at radius 2 is 2.07 bits per heavy atom. The number of hydrogen-bond acceptors (Lipinski definition) is 5. The largest absolute Gasteiger partial charge is 0.463 e. The Morgan fingerprint density at radius 1 is 1.33 bits per heavy atom. The summed E-state index contributed by atoms with van der Waals surface area (Å²) in [7, 11) is 0. The lowest BCUT2D eigenvalue weighted by Crippen LogP contribution is -2.10. The lowest BCUT2D eigenvalue weighted by atomic mass is 10.2. The fourth-order valence-electron chi connectivity index (χ4n) is 0.875. The summed E-state index contributed by atoms with van der Waals surface area (Å²) in [5, 5.41) is 3.09. The number of anilines is 1. The van der Waals surface area contributed by atoms with Crippen molar-refractivity contribution in [1.29, 1.82) is 0 Å². The molecule has 0 bridgehead atoms. The van der Waals surface area contributed by atoms with Crippen LogP contribution in [0, 0.1) is 5.92 Å². The van der Waals surface area contributed by atoms with Crippen LogP contribution in [0.2, 0.25) is 5.28 Å². The van der Waals surface area contributed by atoms with Crippen molar-refractivity contribution in [3.05, 3.63) is 5.28 Å². The molecule has 0 fully saturated rings. The second-order valence-electron chi connectivity index (χ2n) is 3.45. The van der Waals surface area contributed by atoms with E-state index in [9.17, 15) is 0 Å². The quantitative estimate of drug-likeness (QED) is 0.838. The van der Waals surface area contributed by atoms with Crippen LogP contribution in [0.25, 0.3) is 0 Å². The van der Waals surface area contributed by atoms with Crippen LogP contribution in [0.3, 0.4) is 0 Å². The van der Waals surface area contributed by atoms with E-state index < -0.39 is 0 Å². The molecule has 84 valence electrons. The maximum atomic E-state index is 5.72. The van der Waals surface area contributed by atoms with E-state index in [0.717, 1.165) is 6.54 Å². The minimum atomic E-state index is 0.139. The molecule has 0 radical (unpaired) electrons. The molecule has 0 atom stereocenters. The lowest BCUT2D eigenvalue weighted by Gasteiger charge is -2.08. The van der Waals surface area contributed by atoms with E-state index in [1.165, 1.54) is 0 Å². The SMILES string of the molecule is CCNc1nc(Cl)nc(OCC(C)C)n1. The molecule has 0 aliphatic carbocycles. The van der Waals surface area contributed by atoms with Crippen molar-refractivity contribution >= 4 is 17.5 Å². The molecule has 1 aromatic heterocycles. The Morgan fingerprint density at radius 3 is 2.67 bits per heavy atom. The van der Waals surface area contributed by atoms with Crippen molar-refractivity contribution in [3.8, 4) is 6.01 Å². The first kappa shape index (κ1) is 12.0. The van der Waals surface area contributed by atoms with Crippen LogP contribution < -0.4 is 10.1 Å². The molecule has 1 heterocycles. The molecule has 0 unspecified atom stereocenters. The van der Waals surface area contributed by atoms with E-state index >= 15 is 0 Å². The van der Waals surface area contributed by atoms with Gasteiger partial charge in [-0.1, -0.05) is 13.8 Å². The molecular weight excluding hydrogens is 216 g/mol. The summed E-state index contributed by atoms with van der Waals surface area (Å²) >= 11 is 5.72. The molecule has 1 N–H and O–H groups in total. The second-order valence-corrected chi connectivity index (χ2v) is 3.78. The van der Waals surface area contributed by atoms with Crippen LogP contribution in [0.15, 0.2) is 0 Å². The number of nitrogens with one attached hydrogen (secondary N) is 1. The molecule has 6 heteroatoms. The average Bonchev–Trinajstić information content (AvgIpc) is 2.14. The number of nitrogens with zero attached hydrogens (tertiary/aromatic N) is 3. The van der Waals surface area contributed by atoms with Gasteiger partial charge in [0.15, 0.2) is 0 Å². The zero-order chi connectivity index (χ0) is 11.3. The number of halogens is 1. The molecule has 0 saturated heterocycles. The Balaban J connectivity index is 2.70. The Hall–Kier alpha value is -1.10. The average molecular weight is 231 g/mol. The number of aromatic nitrogens is 3. The van der Waals surface area contributed by atoms with Gasteiger partial charge in [0.1, 0.15) is 0 Å². The molecule has 0 aliphatic heterocycles. The van der Waals surface area contributed by atoms with E-state index in [1.807, 2.05) is 20.8 Å². The first-order valence-electron chi connectivity index (χ1n) is 4.90. The van der Waals surface area contributed by atoms with Crippen LogP contribution in [-0.4, -0.2) is 28.1 Å². The molecular formula is C9H15ClN4O. The number of rotatable bonds is 5. The minimum absolute atomic E-state index is 0.139. The fourth-order valence-corrected chi connectivity index (χ4v) is 1.03. The van der Waals surface area contributed by atoms with Gasteiger partial charge in [0.05, 0.1) is 6.61 Å². The highest BCUT2D eigenvalue weighted by Gasteiger charge is 2.05. The van der Waals surface area contributed by atoms with Crippen LogP contribution in [-0.2, 0) is 0 Å². The third kappa shape index (κ3) is 4.29. The van der Waals surface area contributed by atoms with E-state index in [-0.39, 0.29) is 11.3 Å². The lowest BCUT2D eigenvalue weighted by molar-refractivity contribution is 0.250. The smallest absolute Gasteiger partial charge is 0.322 e. The molecule has 1 rings (SSSR count). The Bertz CT molecular complexity index is 319. The normalized spacial score (nSPS) is 10.5. The van der Waals surface area contributed by atoms with E-state index in [2.05, 4.69) is 20.3 Å². The van der Waals surface area contributed by atoms with Gasteiger partial charge < -0.3 is 10.1 Å². The fraction of sp³-hybridized carbons (Fsp3) is 0.667. The molecule has 1 aromatic rings. The van der Waals surface area contributed by atoms with Crippen molar-refractivity contribution in [3.63, 3.8) is 0 Å². The summed E-state index contributed by atoms with van der Waals surface area (Å²) < 4.78 is 5.35. The van der Waals surface area contributed by atoms with E-state index in [4.69, 9.17) is 16.3 Å². The molecule has 0 amide bonds. The maximum Gasteiger partial charge on any atom is 0.322 e. The summed E-state index contributed by atoms with van der Waals surface area (Å²) in [6, 6.07) is 0.264. The predicted octanol–water partition coefficient (Wildman–Crippen LogP) is 1.99. The number of ether oxygens (including phenoxy) is 1. The molecule has 0 spiro atoms. The zero-order valence-corrected chi connectivity index (χ0v) is 9.88. The monoisotopic (exact) mass is 230 g/mol. The van der Waals surface area contributed by atoms with Gasteiger partial charge in [0.25, 0.3) is 0 Å². The van der Waals surface area contributed by atoms with Gasteiger partial charge in [0.2, 0.25) is 11.2 Å². The van der Waals surface area contributed by atoms with Gasteiger partial charge in [-0.15, -0.1) is 0 Å². The molecule has 5 nitrogen and oxygen atoms in total. The summed E-state index contributed by atoms with van der Waals surface area (Å²) in [4.78, 5) is 11.8. The predicted molar refractivity (Wildman–Crippen MR) is 59.3 cm³/mol. The third-order valence-electron chi connectivity index (χ3n) is 1.47. The van der Waals surface area contributed by atoms with Crippen molar-refractivity contribution in [1.82, 2.24) is 15.0 Å². The summed E-state index contributed by atoms with van der Waals surface area (Å²) in [6.07, 6.45) is 0. The van der Waals surface area contributed by atoms with Gasteiger partial charge in [0, 0.05) is 6.54 Å². The topological polar surface area (TPSA) is 59.9 Å². The molecule has 0 aromatic carbocycles. The summed E-state index contributed by atoms with van der Waals surface area (Å²) in [6.45, 7) is 7.34. The van der Waals surface area contributed by atoms with Crippen molar-refractivity contribution < 1.29 is 4.74 Å². The zero-order valence-electron chi connectivity index (χ0n) is 9.12. The van der Waals surface area contributed by atoms with Gasteiger partial charge in [-0.05, 0) is 24.4 Å². The van der Waals surface area contributed by atoms with Gasteiger partial charge in [-0.2, -0.15) is 15.0 Å². The van der Waals surface area contributed by atoms with Crippen LogP contribution in [0.4, 0.5) is 5.95 Å². The highest BCUT2D eigenvalue weighted by Crippen LogP contribution is 2.11. The summed E-state index contributed by atoms with van der Waals surface area (Å²) in [5.74, 6) is 0.861. The minimum Gasteiger partial charge on any atom is -0.463 e.